The molecule has 0 spiro atoms. The molecule has 0 atom stereocenters. The van der Waals surface area contributed by atoms with Crippen molar-refractivity contribution < 1.29 is 4.42 Å². The van der Waals surface area contributed by atoms with Gasteiger partial charge in [-0.25, -0.2) is 9.78 Å². The Balaban J connectivity index is 1.93. The fourth-order valence-electron chi connectivity index (χ4n) is 1.66. The van der Waals surface area contributed by atoms with Crippen molar-refractivity contribution in [2.75, 3.05) is 0 Å². The van der Waals surface area contributed by atoms with E-state index in [1.165, 1.54) is 4.68 Å². The highest BCUT2D eigenvalue weighted by molar-refractivity contribution is 6.30. The van der Waals surface area contributed by atoms with Gasteiger partial charge in [0.25, 0.3) is 0 Å². The Morgan fingerprint density at radius 1 is 1.26 bits per heavy atom. The number of benzene rings is 1. The van der Waals surface area contributed by atoms with Gasteiger partial charge >= 0.3 is 5.76 Å². The van der Waals surface area contributed by atoms with E-state index in [9.17, 15) is 4.79 Å². The zero-order valence-corrected chi connectivity index (χ0v) is 10.5. The Morgan fingerprint density at radius 3 is 2.74 bits per heavy atom. The van der Waals surface area contributed by atoms with E-state index < -0.39 is 5.76 Å². The predicted molar refractivity (Wildman–Crippen MR) is 68.4 cm³/mol. The Morgan fingerprint density at radius 2 is 2.05 bits per heavy atom. The van der Waals surface area contributed by atoms with Crippen LogP contribution in [0.2, 0.25) is 5.02 Å². The molecule has 0 aliphatic rings. The van der Waals surface area contributed by atoms with Gasteiger partial charge in [-0.3, -0.25) is 0 Å². The third-order valence-corrected chi connectivity index (χ3v) is 2.79. The van der Waals surface area contributed by atoms with E-state index in [1.54, 1.807) is 47.6 Å². The lowest BCUT2D eigenvalue weighted by Crippen LogP contribution is -2.13. The number of hydrogen-bond donors (Lipinski definition) is 0. The highest BCUT2D eigenvalue weighted by Crippen LogP contribution is 2.11. The summed E-state index contributed by atoms with van der Waals surface area (Å²) in [5.41, 5.74) is 0.607. The van der Waals surface area contributed by atoms with Gasteiger partial charge in [-0.05, 0) is 24.3 Å². The SMILES string of the molecule is O=c1oc(Cn2ccnc2)nn1-c1ccc(Cl)cc1. The number of imidazole rings is 1. The molecule has 6 nitrogen and oxygen atoms in total. The molecule has 0 N–H and O–H groups in total. The van der Waals surface area contributed by atoms with Crippen LogP contribution in [0.3, 0.4) is 0 Å². The fourth-order valence-corrected chi connectivity index (χ4v) is 1.79. The maximum absolute atomic E-state index is 11.7. The van der Waals surface area contributed by atoms with Crippen molar-refractivity contribution in [3.05, 3.63) is 64.5 Å². The molecule has 0 saturated carbocycles. The van der Waals surface area contributed by atoms with Crippen molar-refractivity contribution in [3.63, 3.8) is 0 Å². The first-order valence-corrected chi connectivity index (χ1v) is 5.91. The van der Waals surface area contributed by atoms with Crippen LogP contribution in [0.25, 0.3) is 5.69 Å². The second-order valence-corrected chi connectivity index (χ2v) is 4.32. The summed E-state index contributed by atoms with van der Waals surface area (Å²) in [5, 5.41) is 4.73. The van der Waals surface area contributed by atoms with Gasteiger partial charge < -0.3 is 8.98 Å². The van der Waals surface area contributed by atoms with Crippen LogP contribution in [0.4, 0.5) is 0 Å². The lowest BCUT2D eigenvalue weighted by Gasteiger charge is -1.97. The van der Waals surface area contributed by atoms with Crippen molar-refractivity contribution in [1.82, 2.24) is 19.3 Å². The van der Waals surface area contributed by atoms with Gasteiger partial charge in [0.15, 0.2) is 0 Å². The third kappa shape index (κ3) is 2.43. The van der Waals surface area contributed by atoms with Gasteiger partial charge in [0.1, 0.15) is 6.54 Å². The van der Waals surface area contributed by atoms with Crippen molar-refractivity contribution in [3.8, 4) is 5.69 Å². The summed E-state index contributed by atoms with van der Waals surface area (Å²) in [6.45, 7) is 0.357. The van der Waals surface area contributed by atoms with Crippen molar-refractivity contribution in [1.29, 1.82) is 0 Å². The summed E-state index contributed by atoms with van der Waals surface area (Å²) in [6.07, 6.45) is 5.04. The van der Waals surface area contributed by atoms with Crippen LogP contribution in [-0.2, 0) is 6.54 Å². The van der Waals surface area contributed by atoms with Gasteiger partial charge in [-0.2, -0.15) is 4.68 Å². The van der Waals surface area contributed by atoms with E-state index in [2.05, 4.69) is 10.1 Å². The van der Waals surface area contributed by atoms with E-state index >= 15 is 0 Å². The van der Waals surface area contributed by atoms with Crippen molar-refractivity contribution in [2.24, 2.45) is 0 Å². The van der Waals surface area contributed by atoms with Crippen LogP contribution in [0.5, 0.6) is 0 Å². The van der Waals surface area contributed by atoms with Gasteiger partial charge in [-0.1, -0.05) is 11.6 Å². The summed E-state index contributed by atoms with van der Waals surface area (Å²) >= 11 is 5.80. The lowest BCUT2D eigenvalue weighted by molar-refractivity contribution is 0.446. The van der Waals surface area contributed by atoms with Crippen LogP contribution >= 0.6 is 11.6 Å². The zero-order valence-electron chi connectivity index (χ0n) is 9.73. The molecule has 0 saturated heterocycles. The molecule has 3 aromatic rings. The molecular weight excluding hydrogens is 268 g/mol. The number of hydrogen-bond acceptors (Lipinski definition) is 4. The average molecular weight is 277 g/mol. The zero-order chi connectivity index (χ0) is 13.2. The molecule has 19 heavy (non-hydrogen) atoms. The van der Waals surface area contributed by atoms with E-state index in [-0.39, 0.29) is 0 Å². The second kappa shape index (κ2) is 4.74. The first-order chi connectivity index (χ1) is 9.22. The highest BCUT2D eigenvalue weighted by atomic mass is 35.5. The minimum Gasteiger partial charge on any atom is -0.390 e. The Hall–Kier alpha value is -2.34. The molecule has 0 amide bonds. The van der Waals surface area contributed by atoms with Gasteiger partial charge in [0.05, 0.1) is 12.0 Å². The summed E-state index contributed by atoms with van der Waals surface area (Å²) in [5.74, 6) is -0.213. The molecule has 1 aromatic carbocycles. The van der Waals surface area contributed by atoms with E-state index in [0.29, 0.717) is 23.1 Å². The lowest BCUT2D eigenvalue weighted by atomic mass is 10.3. The molecule has 0 aliphatic heterocycles. The Kier molecular flexibility index (Phi) is 2.92. The maximum atomic E-state index is 11.7. The molecule has 0 unspecified atom stereocenters. The Bertz CT molecular complexity index is 728. The molecule has 0 radical (unpaired) electrons. The fraction of sp³-hybridized carbons (Fsp3) is 0.0833. The number of nitrogens with zero attached hydrogens (tertiary/aromatic N) is 4. The predicted octanol–water partition coefficient (Wildman–Crippen LogP) is 1.72. The third-order valence-electron chi connectivity index (χ3n) is 2.54. The average Bonchev–Trinajstić information content (AvgIpc) is 3.01. The molecule has 2 aromatic heterocycles. The normalized spacial score (nSPS) is 10.8. The van der Waals surface area contributed by atoms with Gasteiger partial charge in [0.2, 0.25) is 5.89 Å². The smallest absolute Gasteiger partial charge is 0.390 e. The first-order valence-electron chi connectivity index (χ1n) is 5.53. The van der Waals surface area contributed by atoms with E-state index in [0.717, 1.165) is 0 Å². The summed E-state index contributed by atoms with van der Waals surface area (Å²) in [6, 6.07) is 6.78. The Labute approximate surface area is 112 Å². The molecule has 0 aliphatic carbocycles. The van der Waals surface area contributed by atoms with Crippen LogP contribution in [0, 0.1) is 0 Å². The molecule has 0 bridgehead atoms. The largest absolute Gasteiger partial charge is 0.442 e. The number of aromatic nitrogens is 4. The highest BCUT2D eigenvalue weighted by Gasteiger charge is 2.10. The number of halogens is 1. The van der Waals surface area contributed by atoms with Crippen LogP contribution in [0.1, 0.15) is 5.89 Å². The van der Waals surface area contributed by atoms with Crippen LogP contribution in [0.15, 0.2) is 52.2 Å². The molecule has 7 heteroatoms. The van der Waals surface area contributed by atoms with Crippen LogP contribution in [-0.4, -0.2) is 19.3 Å². The molecular formula is C12H9ClN4O2. The summed E-state index contributed by atoms with van der Waals surface area (Å²) in [4.78, 5) is 15.6. The quantitative estimate of drug-likeness (QED) is 0.731. The minimum absolute atomic E-state index is 0.318. The van der Waals surface area contributed by atoms with E-state index in [4.69, 9.17) is 16.0 Å². The first kappa shape index (κ1) is 11.7. The standard InChI is InChI=1S/C12H9ClN4O2/c13-9-1-3-10(4-2-9)17-12(18)19-11(15-17)7-16-6-5-14-8-16/h1-6,8H,7H2. The van der Waals surface area contributed by atoms with Crippen molar-refractivity contribution >= 4 is 11.6 Å². The topological polar surface area (TPSA) is 65.8 Å². The van der Waals surface area contributed by atoms with Gasteiger partial charge in [0, 0.05) is 17.4 Å². The molecule has 96 valence electrons. The van der Waals surface area contributed by atoms with Crippen LogP contribution < -0.4 is 5.76 Å². The van der Waals surface area contributed by atoms with Gasteiger partial charge in [-0.15, -0.1) is 5.10 Å². The second-order valence-electron chi connectivity index (χ2n) is 3.88. The number of rotatable bonds is 3. The summed E-state index contributed by atoms with van der Waals surface area (Å²) < 4.78 is 8.05. The summed E-state index contributed by atoms with van der Waals surface area (Å²) in [7, 11) is 0. The van der Waals surface area contributed by atoms with E-state index in [1.807, 2.05) is 0 Å². The van der Waals surface area contributed by atoms with Crippen molar-refractivity contribution in [2.45, 2.75) is 6.54 Å². The monoisotopic (exact) mass is 276 g/mol. The molecule has 0 fully saturated rings. The molecule has 2 heterocycles. The minimum atomic E-state index is -0.530. The maximum Gasteiger partial charge on any atom is 0.442 e. The molecule has 3 rings (SSSR count).